The molecule has 62 heavy (non-hydrogen) atoms. The number of nitrogens with zero attached hydrogens (tertiary/aromatic N) is 10. The number of fused-ring (bicyclic) bond motifs is 3. The Balaban J connectivity index is 1.18. The molecule has 0 amide bonds. The highest BCUT2D eigenvalue weighted by molar-refractivity contribution is 6.12. The lowest BCUT2D eigenvalue weighted by atomic mass is 9.67. The van der Waals surface area contributed by atoms with Crippen molar-refractivity contribution in [3.05, 3.63) is 234 Å². The van der Waals surface area contributed by atoms with Crippen LogP contribution < -0.4 is 0 Å². The second kappa shape index (κ2) is 16.6. The van der Waals surface area contributed by atoms with Crippen molar-refractivity contribution in [2.24, 2.45) is 15.0 Å². The lowest BCUT2D eigenvalue weighted by molar-refractivity contribution is 0.768. The molecule has 5 aromatic heterocycles. The summed E-state index contributed by atoms with van der Waals surface area (Å²) in [6.45, 7) is 4.32. The van der Waals surface area contributed by atoms with Gasteiger partial charge in [-0.15, -0.1) is 0 Å². The molecule has 9 aromatic rings. The SMILES string of the molecule is C=N/C(=N\C(=N/Cc1ccccn1)c1ccccn1)c1ccc2c(c1)C(c1ccccc1)(c1ccccc1)c1cc(-c3nc(-c4ccccn4)nc(-c4ccccn4)n3)ccc1-2. The van der Waals surface area contributed by atoms with E-state index in [1.54, 1.807) is 24.8 Å². The standard InChI is InChI=1S/C52H36N10/c1-53-47(59-49(44-21-9-13-29-55-44)58-34-39-20-8-12-28-54-39)35-24-26-40-41-27-25-36(48-60-50(45-22-10-14-30-56-45)62-51(61-48)46-23-11-15-31-57-46)33-43(41)52(42(40)32-35,37-16-4-2-5-17-37)38-18-6-3-7-19-38/h2-33H,1,34H2/b58-49-,59-47-. The van der Waals surface area contributed by atoms with Gasteiger partial charge in [0.25, 0.3) is 0 Å². The van der Waals surface area contributed by atoms with Crippen LogP contribution in [0.15, 0.2) is 210 Å². The molecule has 1 aliphatic rings. The monoisotopic (exact) mass is 800 g/mol. The first-order valence-corrected chi connectivity index (χ1v) is 20.1. The van der Waals surface area contributed by atoms with Gasteiger partial charge < -0.3 is 0 Å². The number of aliphatic imine (C=N–C) groups is 3. The molecular weight excluding hydrogens is 765 g/mol. The third-order valence-electron chi connectivity index (χ3n) is 10.9. The Hall–Kier alpha value is -8.50. The maximum Gasteiger partial charge on any atom is 0.182 e. The van der Waals surface area contributed by atoms with Gasteiger partial charge in [-0.05, 0) is 101 Å². The molecule has 4 aromatic carbocycles. The van der Waals surface area contributed by atoms with E-state index in [0.717, 1.165) is 50.2 Å². The fourth-order valence-electron chi connectivity index (χ4n) is 8.10. The van der Waals surface area contributed by atoms with E-state index < -0.39 is 5.41 Å². The average Bonchev–Trinajstić information content (AvgIpc) is 3.65. The first-order valence-electron chi connectivity index (χ1n) is 20.1. The molecule has 0 saturated heterocycles. The molecule has 10 heteroatoms. The van der Waals surface area contributed by atoms with Gasteiger partial charge in [-0.3, -0.25) is 24.9 Å². The number of pyridine rings is 4. The van der Waals surface area contributed by atoms with Gasteiger partial charge in [0.2, 0.25) is 0 Å². The second-order valence-electron chi connectivity index (χ2n) is 14.5. The predicted molar refractivity (Wildman–Crippen MR) is 244 cm³/mol. The smallest absolute Gasteiger partial charge is 0.182 e. The van der Waals surface area contributed by atoms with Gasteiger partial charge in [0.1, 0.15) is 17.1 Å². The number of aromatic nitrogens is 7. The largest absolute Gasteiger partial charge is 0.259 e. The van der Waals surface area contributed by atoms with Crippen molar-refractivity contribution in [3.8, 4) is 45.6 Å². The van der Waals surface area contributed by atoms with Gasteiger partial charge in [-0.2, -0.15) is 0 Å². The van der Waals surface area contributed by atoms with E-state index >= 15 is 0 Å². The fraction of sp³-hybridized carbons (Fsp3) is 0.0385. The first-order chi connectivity index (χ1) is 30.7. The van der Waals surface area contributed by atoms with Crippen LogP contribution in [0.25, 0.3) is 45.6 Å². The molecule has 0 N–H and O–H groups in total. The summed E-state index contributed by atoms with van der Waals surface area (Å²) in [6, 6.07) is 56.9. The molecule has 0 atom stereocenters. The molecular formula is C52H36N10. The zero-order chi connectivity index (χ0) is 41.7. The predicted octanol–water partition coefficient (Wildman–Crippen LogP) is 9.91. The van der Waals surface area contributed by atoms with Crippen LogP contribution in [0.5, 0.6) is 0 Å². The lowest BCUT2D eigenvalue weighted by Gasteiger charge is -2.34. The normalized spacial score (nSPS) is 13.0. The fourth-order valence-corrected chi connectivity index (χ4v) is 8.10. The summed E-state index contributed by atoms with van der Waals surface area (Å²) in [5, 5.41) is 0. The van der Waals surface area contributed by atoms with Gasteiger partial charge in [-0.1, -0.05) is 109 Å². The van der Waals surface area contributed by atoms with Crippen LogP contribution in [0.2, 0.25) is 0 Å². The van der Waals surface area contributed by atoms with Gasteiger partial charge in [0.05, 0.1) is 17.7 Å². The Morgan fingerprint density at radius 3 is 1.60 bits per heavy atom. The molecule has 0 aliphatic heterocycles. The Morgan fingerprint density at radius 2 is 1.03 bits per heavy atom. The van der Waals surface area contributed by atoms with E-state index in [1.165, 1.54) is 0 Å². The number of rotatable bonds is 9. The van der Waals surface area contributed by atoms with Gasteiger partial charge in [0, 0.05) is 35.9 Å². The van der Waals surface area contributed by atoms with Gasteiger partial charge in [0.15, 0.2) is 29.1 Å². The van der Waals surface area contributed by atoms with Crippen LogP contribution in [-0.2, 0) is 12.0 Å². The number of hydrogen-bond donors (Lipinski definition) is 0. The topological polar surface area (TPSA) is 127 Å². The molecule has 0 spiro atoms. The summed E-state index contributed by atoms with van der Waals surface area (Å²) < 4.78 is 0. The van der Waals surface area contributed by atoms with Crippen molar-refractivity contribution in [2.75, 3.05) is 0 Å². The van der Waals surface area contributed by atoms with Gasteiger partial charge >= 0.3 is 0 Å². The zero-order valence-corrected chi connectivity index (χ0v) is 33.4. The first kappa shape index (κ1) is 37.7. The third-order valence-corrected chi connectivity index (χ3v) is 10.9. The maximum atomic E-state index is 5.05. The van der Waals surface area contributed by atoms with Crippen molar-refractivity contribution >= 4 is 18.4 Å². The maximum absolute atomic E-state index is 5.05. The Kier molecular flexibility index (Phi) is 10.1. The minimum Gasteiger partial charge on any atom is -0.259 e. The third kappa shape index (κ3) is 7.05. The van der Waals surface area contributed by atoms with Crippen molar-refractivity contribution in [3.63, 3.8) is 0 Å². The Morgan fingerprint density at radius 1 is 0.484 bits per heavy atom. The summed E-state index contributed by atoms with van der Waals surface area (Å²) >= 11 is 0. The lowest BCUT2D eigenvalue weighted by Crippen LogP contribution is -2.29. The summed E-state index contributed by atoms with van der Waals surface area (Å²) in [7, 11) is 0. The van der Waals surface area contributed by atoms with E-state index in [0.29, 0.717) is 52.8 Å². The summed E-state index contributed by atoms with van der Waals surface area (Å²) in [6.07, 6.45) is 6.96. The van der Waals surface area contributed by atoms with Crippen molar-refractivity contribution in [2.45, 2.75) is 12.0 Å². The molecule has 294 valence electrons. The highest BCUT2D eigenvalue weighted by atomic mass is 15.1. The molecule has 10 rings (SSSR count). The summed E-state index contributed by atoms with van der Waals surface area (Å²) in [4.78, 5) is 47.6. The van der Waals surface area contributed by atoms with E-state index in [2.05, 4.69) is 117 Å². The van der Waals surface area contributed by atoms with E-state index in [1.807, 2.05) is 84.9 Å². The number of amidine groups is 2. The molecule has 0 fully saturated rings. The van der Waals surface area contributed by atoms with Crippen molar-refractivity contribution < 1.29 is 0 Å². The highest BCUT2D eigenvalue weighted by Gasteiger charge is 2.46. The van der Waals surface area contributed by atoms with Crippen LogP contribution in [0.3, 0.4) is 0 Å². The van der Waals surface area contributed by atoms with Crippen LogP contribution in [-0.4, -0.2) is 53.3 Å². The second-order valence-corrected chi connectivity index (χ2v) is 14.5. The van der Waals surface area contributed by atoms with Crippen molar-refractivity contribution in [1.29, 1.82) is 0 Å². The van der Waals surface area contributed by atoms with Gasteiger partial charge in [-0.25, -0.2) is 24.9 Å². The minimum atomic E-state index is -0.775. The number of hydrogen-bond acceptors (Lipinski definition) is 8. The summed E-state index contributed by atoms with van der Waals surface area (Å²) in [5.74, 6) is 2.27. The molecule has 0 unspecified atom stereocenters. The Bertz CT molecular complexity index is 2990. The molecule has 0 radical (unpaired) electrons. The molecule has 0 saturated carbocycles. The number of benzene rings is 4. The molecule has 5 heterocycles. The molecule has 10 nitrogen and oxygen atoms in total. The van der Waals surface area contributed by atoms with E-state index in [9.17, 15) is 0 Å². The average molecular weight is 801 g/mol. The molecule has 0 bridgehead atoms. The molecule has 1 aliphatic carbocycles. The zero-order valence-electron chi connectivity index (χ0n) is 33.4. The van der Waals surface area contributed by atoms with E-state index in [4.69, 9.17) is 24.9 Å². The Labute approximate surface area is 358 Å². The van der Waals surface area contributed by atoms with Crippen molar-refractivity contribution in [1.82, 2.24) is 34.9 Å². The minimum absolute atomic E-state index is 0.321. The van der Waals surface area contributed by atoms with Crippen LogP contribution in [0.1, 0.15) is 39.2 Å². The van der Waals surface area contributed by atoms with Crippen LogP contribution in [0.4, 0.5) is 0 Å². The van der Waals surface area contributed by atoms with Crippen LogP contribution >= 0.6 is 0 Å². The highest BCUT2D eigenvalue weighted by Crippen LogP contribution is 2.57. The van der Waals surface area contributed by atoms with Crippen LogP contribution in [0, 0.1) is 0 Å². The summed E-state index contributed by atoms with van der Waals surface area (Å²) in [5.41, 5.74) is 10.0. The van der Waals surface area contributed by atoms with E-state index in [-0.39, 0.29) is 0 Å². The quantitative estimate of drug-likeness (QED) is 0.105.